The number of rotatable bonds is 12. The lowest BCUT2D eigenvalue weighted by Crippen LogP contribution is -2.15. The molecule has 0 saturated heterocycles. The van der Waals surface area contributed by atoms with Gasteiger partial charge in [-0.2, -0.15) is 0 Å². The summed E-state index contributed by atoms with van der Waals surface area (Å²) < 4.78 is 12.8. The molecule has 2 N–H and O–H groups in total. The van der Waals surface area contributed by atoms with Crippen molar-refractivity contribution in [3.8, 4) is 34.0 Å². The van der Waals surface area contributed by atoms with Crippen molar-refractivity contribution in [1.82, 2.24) is 19.8 Å². The van der Waals surface area contributed by atoms with Gasteiger partial charge < -0.3 is 25.0 Å². The van der Waals surface area contributed by atoms with E-state index in [2.05, 4.69) is 88.7 Å². The monoisotopic (exact) mass is 653 g/mol. The number of benzene rings is 2. The van der Waals surface area contributed by atoms with E-state index in [0.29, 0.717) is 24.8 Å². The van der Waals surface area contributed by atoms with Gasteiger partial charge in [-0.3, -0.25) is 0 Å². The minimum Gasteiger partial charge on any atom is -0.477 e. The van der Waals surface area contributed by atoms with Crippen molar-refractivity contribution in [3.63, 3.8) is 0 Å². The van der Waals surface area contributed by atoms with Gasteiger partial charge in [0.15, 0.2) is 0 Å². The topological polar surface area (TPSA) is 76.7 Å². The third-order valence-corrected chi connectivity index (χ3v) is 6.43. The predicted molar refractivity (Wildman–Crippen MR) is 174 cm³/mol. The molecule has 8 heteroatoms. The zero-order valence-electron chi connectivity index (χ0n) is 23.9. The van der Waals surface area contributed by atoms with Gasteiger partial charge in [-0.25, -0.2) is 9.97 Å². The number of ether oxygens (including phenoxy) is 2. The summed E-state index contributed by atoms with van der Waals surface area (Å²) in [4.78, 5) is 13.0. The van der Waals surface area contributed by atoms with E-state index in [1.54, 1.807) is 6.20 Å². The van der Waals surface area contributed by atoms with E-state index in [1.165, 1.54) is 0 Å². The molecule has 0 radical (unpaired) electrons. The Labute approximate surface area is 252 Å². The molecule has 0 aliphatic carbocycles. The van der Waals surface area contributed by atoms with Gasteiger partial charge in [0.2, 0.25) is 11.8 Å². The van der Waals surface area contributed by atoms with Gasteiger partial charge in [-0.15, -0.1) is 0 Å². The van der Waals surface area contributed by atoms with Gasteiger partial charge in [0.05, 0.1) is 25.1 Å². The molecule has 0 spiro atoms. The number of nitrogen functional groups attached to an aromatic ring is 1. The predicted octanol–water partition coefficient (Wildman–Crippen LogP) is 6.35. The van der Waals surface area contributed by atoms with Crippen molar-refractivity contribution in [3.05, 3.63) is 88.8 Å². The van der Waals surface area contributed by atoms with E-state index in [0.717, 1.165) is 57.6 Å². The lowest BCUT2D eigenvalue weighted by Gasteiger charge is -2.13. The van der Waals surface area contributed by atoms with E-state index in [9.17, 15) is 0 Å². The van der Waals surface area contributed by atoms with Crippen molar-refractivity contribution < 1.29 is 9.47 Å². The summed E-state index contributed by atoms with van der Waals surface area (Å²) in [6.45, 7) is 3.35. The molecule has 0 fully saturated rings. The first-order valence-corrected chi connectivity index (χ1v) is 14.5. The lowest BCUT2D eigenvalue weighted by molar-refractivity contribution is 0.274. The number of anilines is 1. The summed E-state index contributed by atoms with van der Waals surface area (Å²) in [6, 6.07) is 24.3. The Hall–Kier alpha value is -3.21. The molecular formula is C32H40IN5O2. The maximum Gasteiger partial charge on any atom is 0.221 e. The van der Waals surface area contributed by atoms with Crippen LogP contribution in [0.3, 0.4) is 0 Å². The van der Waals surface area contributed by atoms with Gasteiger partial charge in [0.25, 0.3) is 0 Å². The summed E-state index contributed by atoms with van der Waals surface area (Å²) >= 11 is 2.28. The number of pyridine rings is 2. The first kappa shape index (κ1) is 31.3. The van der Waals surface area contributed by atoms with E-state index in [4.69, 9.17) is 15.2 Å². The highest BCUT2D eigenvalue weighted by Crippen LogP contribution is 2.30. The molecule has 2 heterocycles. The summed E-state index contributed by atoms with van der Waals surface area (Å²) in [7, 11) is 8.24. The molecule has 212 valence electrons. The highest BCUT2D eigenvalue weighted by molar-refractivity contribution is 14.1. The van der Waals surface area contributed by atoms with Crippen LogP contribution in [-0.2, 0) is 0 Å². The lowest BCUT2D eigenvalue weighted by atomic mass is 10.1. The zero-order chi connectivity index (χ0) is 28.7. The normalized spacial score (nSPS) is 10.8. The molecule has 0 bridgehead atoms. The fourth-order valence-corrected chi connectivity index (χ4v) is 4.32. The standard InChI is InChI=1S/C16H19IN2O.C16H21N3O/c2*1-19(2)9-6-10-20-16-15(11-14(17)12-18-16)13-7-4-3-5-8-13/h3-5,7-8,11-12H,6,9-10H2,1-2H3;3-5,7-8,11-12H,6,9-10,17H2,1-2H3. The average Bonchev–Trinajstić information content (AvgIpc) is 2.95. The highest BCUT2D eigenvalue weighted by Gasteiger charge is 2.10. The van der Waals surface area contributed by atoms with Crippen molar-refractivity contribution in [1.29, 1.82) is 0 Å². The SMILES string of the molecule is CN(C)CCCOc1ncc(I)cc1-c1ccccc1.CN(C)CCCOc1ncc(N)cc1-c1ccccc1. The maximum absolute atomic E-state index is 5.86. The second-order valence-corrected chi connectivity index (χ2v) is 11.1. The molecule has 40 heavy (non-hydrogen) atoms. The van der Waals surface area contributed by atoms with Crippen molar-refractivity contribution in [2.45, 2.75) is 12.8 Å². The average molecular weight is 654 g/mol. The summed E-state index contributed by atoms with van der Waals surface area (Å²) in [6.07, 6.45) is 5.43. The smallest absolute Gasteiger partial charge is 0.221 e. The maximum atomic E-state index is 5.86. The van der Waals surface area contributed by atoms with E-state index in [-0.39, 0.29) is 0 Å². The van der Waals surface area contributed by atoms with Gasteiger partial charge >= 0.3 is 0 Å². The van der Waals surface area contributed by atoms with Crippen LogP contribution in [0.2, 0.25) is 0 Å². The van der Waals surface area contributed by atoms with Crippen LogP contribution in [0, 0.1) is 3.57 Å². The van der Waals surface area contributed by atoms with Crippen LogP contribution >= 0.6 is 22.6 Å². The Kier molecular flexibility index (Phi) is 13.1. The van der Waals surface area contributed by atoms with Gasteiger partial charge in [-0.1, -0.05) is 60.7 Å². The van der Waals surface area contributed by atoms with Crippen molar-refractivity contribution in [2.75, 3.05) is 60.2 Å². The van der Waals surface area contributed by atoms with Crippen LogP contribution in [0.5, 0.6) is 11.8 Å². The molecule has 4 rings (SSSR count). The van der Waals surface area contributed by atoms with Crippen LogP contribution in [0.1, 0.15) is 12.8 Å². The Morgan fingerprint density at radius 2 is 1.12 bits per heavy atom. The second-order valence-electron chi connectivity index (χ2n) is 9.87. The molecule has 0 saturated carbocycles. The zero-order valence-corrected chi connectivity index (χ0v) is 26.0. The Balaban J connectivity index is 0.000000220. The number of nitrogens with zero attached hydrogens (tertiary/aromatic N) is 4. The molecule has 4 aromatic rings. The Morgan fingerprint density at radius 1 is 0.675 bits per heavy atom. The molecule has 2 aromatic carbocycles. The molecule has 0 aliphatic rings. The summed E-state index contributed by atoms with van der Waals surface area (Å²) in [5.74, 6) is 1.36. The van der Waals surface area contributed by atoms with Gasteiger partial charge in [0.1, 0.15) is 0 Å². The number of hydrogen-bond donors (Lipinski definition) is 1. The summed E-state index contributed by atoms with van der Waals surface area (Å²) in [5, 5.41) is 0. The second kappa shape index (κ2) is 16.8. The van der Waals surface area contributed by atoms with Crippen LogP contribution in [0.15, 0.2) is 85.2 Å². The summed E-state index contributed by atoms with van der Waals surface area (Å²) in [5.41, 5.74) is 10.7. The molecule has 0 aliphatic heterocycles. The van der Waals surface area contributed by atoms with Crippen molar-refractivity contribution in [2.24, 2.45) is 0 Å². The van der Waals surface area contributed by atoms with Crippen molar-refractivity contribution >= 4 is 28.3 Å². The third-order valence-electron chi connectivity index (χ3n) is 5.84. The fourth-order valence-electron chi connectivity index (χ4n) is 3.87. The number of nitrogens with two attached hydrogens (primary N) is 1. The molecular weight excluding hydrogens is 613 g/mol. The molecule has 2 aromatic heterocycles. The first-order valence-electron chi connectivity index (χ1n) is 13.4. The first-order chi connectivity index (χ1) is 19.3. The Morgan fingerprint density at radius 3 is 1.60 bits per heavy atom. The quantitative estimate of drug-likeness (QED) is 0.141. The fraction of sp³-hybridized carbons (Fsp3) is 0.312. The molecule has 7 nitrogen and oxygen atoms in total. The van der Waals surface area contributed by atoms with Gasteiger partial charge in [0, 0.05) is 34.0 Å². The van der Waals surface area contributed by atoms with Crippen LogP contribution < -0.4 is 15.2 Å². The number of hydrogen-bond acceptors (Lipinski definition) is 7. The molecule has 0 unspecified atom stereocenters. The van der Waals surface area contributed by atoms with E-state index >= 15 is 0 Å². The Bertz CT molecular complexity index is 1190. The third kappa shape index (κ3) is 10.7. The van der Waals surface area contributed by atoms with Crippen LogP contribution in [-0.4, -0.2) is 74.3 Å². The largest absolute Gasteiger partial charge is 0.477 e. The van der Waals surface area contributed by atoms with Crippen LogP contribution in [0.25, 0.3) is 22.3 Å². The van der Waals surface area contributed by atoms with Crippen LogP contribution in [0.4, 0.5) is 5.69 Å². The minimum atomic E-state index is 0.643. The van der Waals surface area contributed by atoms with Gasteiger partial charge in [-0.05, 0) is 86.9 Å². The minimum absolute atomic E-state index is 0.643. The van der Waals surface area contributed by atoms with E-state index < -0.39 is 0 Å². The molecule has 0 atom stereocenters. The molecule has 0 amide bonds. The van der Waals surface area contributed by atoms with E-state index in [1.807, 2.05) is 60.8 Å². The number of halogens is 1. The highest BCUT2D eigenvalue weighted by atomic mass is 127. The number of aromatic nitrogens is 2.